The van der Waals surface area contributed by atoms with Crippen LogP contribution in [0.3, 0.4) is 0 Å². The lowest BCUT2D eigenvalue weighted by Gasteiger charge is -2.08. The number of nitrogens with one attached hydrogen (secondary N) is 1. The van der Waals surface area contributed by atoms with E-state index in [1.54, 1.807) is 11.6 Å². The number of aromatic nitrogens is 4. The van der Waals surface area contributed by atoms with Gasteiger partial charge in [-0.1, -0.05) is 11.8 Å². The van der Waals surface area contributed by atoms with Crippen molar-refractivity contribution in [2.24, 2.45) is 5.84 Å². The molecule has 15 heavy (non-hydrogen) atoms. The van der Waals surface area contributed by atoms with Crippen LogP contribution in [0.15, 0.2) is 5.16 Å². The zero-order chi connectivity index (χ0) is 10.8. The fraction of sp³-hybridized carbons (Fsp3) is 0.714. The van der Waals surface area contributed by atoms with Crippen molar-refractivity contribution in [3.63, 3.8) is 0 Å². The van der Waals surface area contributed by atoms with E-state index in [-0.39, 0.29) is 11.2 Å². The molecule has 1 fully saturated rings. The molecule has 0 aromatic carbocycles. The summed E-state index contributed by atoms with van der Waals surface area (Å²) in [6.07, 6.45) is 2.21. The summed E-state index contributed by atoms with van der Waals surface area (Å²) in [7, 11) is 0. The number of tetrazole rings is 1. The minimum absolute atomic E-state index is 0.231. The molecule has 8 heteroatoms. The maximum atomic E-state index is 11.2. The fourth-order valence-corrected chi connectivity index (χ4v) is 2.01. The molecule has 1 aromatic rings. The van der Waals surface area contributed by atoms with Crippen molar-refractivity contribution in [1.29, 1.82) is 0 Å². The molecule has 7 nitrogen and oxygen atoms in total. The second-order valence-corrected chi connectivity index (χ2v) is 4.71. The van der Waals surface area contributed by atoms with Crippen LogP contribution in [0.5, 0.6) is 0 Å². The van der Waals surface area contributed by atoms with Gasteiger partial charge in [-0.05, 0) is 30.2 Å². The Balaban J connectivity index is 2.03. The summed E-state index contributed by atoms with van der Waals surface area (Å²) in [6.45, 7) is 1.76. The predicted octanol–water partition coefficient (Wildman–Crippen LogP) is -0.521. The Labute approximate surface area is 90.7 Å². The highest BCUT2D eigenvalue weighted by Crippen LogP contribution is 2.36. The molecule has 1 atom stereocenters. The maximum absolute atomic E-state index is 11.2. The van der Waals surface area contributed by atoms with Crippen LogP contribution in [0.2, 0.25) is 0 Å². The third-order valence-corrected chi connectivity index (χ3v) is 3.20. The first-order valence-electron chi connectivity index (χ1n) is 4.67. The van der Waals surface area contributed by atoms with Crippen molar-refractivity contribution < 1.29 is 4.79 Å². The molecule has 0 saturated heterocycles. The molecular formula is C7H12N6OS. The van der Waals surface area contributed by atoms with E-state index in [0.717, 1.165) is 12.8 Å². The van der Waals surface area contributed by atoms with E-state index in [4.69, 9.17) is 5.84 Å². The van der Waals surface area contributed by atoms with E-state index >= 15 is 0 Å². The molecule has 0 radical (unpaired) electrons. The van der Waals surface area contributed by atoms with E-state index < -0.39 is 0 Å². The Morgan fingerprint density at radius 3 is 3.07 bits per heavy atom. The van der Waals surface area contributed by atoms with Gasteiger partial charge in [-0.2, -0.15) is 0 Å². The molecule has 2 rings (SSSR count). The number of hydrazine groups is 1. The van der Waals surface area contributed by atoms with Crippen molar-refractivity contribution in [1.82, 2.24) is 25.6 Å². The second-order valence-electron chi connectivity index (χ2n) is 3.41. The Morgan fingerprint density at radius 1 is 1.73 bits per heavy atom. The summed E-state index contributed by atoms with van der Waals surface area (Å²) in [5, 5.41) is 11.7. The molecule has 82 valence electrons. The smallest absolute Gasteiger partial charge is 0.247 e. The van der Waals surface area contributed by atoms with Crippen molar-refractivity contribution >= 4 is 17.7 Å². The van der Waals surface area contributed by atoms with E-state index in [1.165, 1.54) is 11.8 Å². The number of nitrogens with two attached hydrogens (primary N) is 1. The van der Waals surface area contributed by atoms with Crippen LogP contribution < -0.4 is 11.3 Å². The molecule has 1 saturated carbocycles. The Kier molecular flexibility index (Phi) is 2.87. The molecular weight excluding hydrogens is 216 g/mol. The Morgan fingerprint density at radius 2 is 2.47 bits per heavy atom. The van der Waals surface area contributed by atoms with Gasteiger partial charge in [0.15, 0.2) is 0 Å². The average Bonchev–Trinajstić information content (AvgIpc) is 2.99. The third-order valence-electron chi connectivity index (χ3n) is 2.15. The number of amides is 1. The molecule has 1 unspecified atom stereocenters. The molecule has 3 N–H and O–H groups in total. The topological polar surface area (TPSA) is 98.7 Å². The van der Waals surface area contributed by atoms with E-state index in [2.05, 4.69) is 21.0 Å². The largest absolute Gasteiger partial charge is 0.293 e. The van der Waals surface area contributed by atoms with Crippen LogP contribution in [0.4, 0.5) is 0 Å². The number of carbonyl (C=O) groups is 1. The molecule has 1 aliphatic carbocycles. The second kappa shape index (κ2) is 4.15. The zero-order valence-corrected chi connectivity index (χ0v) is 9.07. The summed E-state index contributed by atoms with van der Waals surface area (Å²) < 4.78 is 1.77. The quantitative estimate of drug-likeness (QED) is 0.311. The molecule has 0 aliphatic heterocycles. The summed E-state index contributed by atoms with van der Waals surface area (Å²) in [5.74, 6) is 4.81. The van der Waals surface area contributed by atoms with Gasteiger partial charge < -0.3 is 0 Å². The monoisotopic (exact) mass is 228 g/mol. The van der Waals surface area contributed by atoms with Crippen LogP contribution in [-0.4, -0.2) is 31.4 Å². The lowest BCUT2D eigenvalue weighted by molar-refractivity contribution is -0.120. The number of rotatable bonds is 4. The van der Waals surface area contributed by atoms with E-state index in [0.29, 0.717) is 11.2 Å². The molecule has 1 amide bonds. The highest BCUT2D eigenvalue weighted by Gasteiger charge is 2.29. The number of carbonyl (C=O) groups excluding carboxylic acids is 1. The molecule has 1 heterocycles. The number of hydrogen-bond acceptors (Lipinski definition) is 6. The van der Waals surface area contributed by atoms with Crippen LogP contribution >= 0.6 is 11.8 Å². The number of thioether (sulfide) groups is 1. The van der Waals surface area contributed by atoms with Gasteiger partial charge >= 0.3 is 0 Å². The number of hydrogen-bond donors (Lipinski definition) is 2. The Bertz CT molecular complexity index is 362. The normalized spacial score (nSPS) is 17.5. The minimum atomic E-state index is -0.293. The van der Waals surface area contributed by atoms with Crippen LogP contribution in [0.25, 0.3) is 0 Å². The van der Waals surface area contributed by atoms with Crippen LogP contribution in [0, 0.1) is 0 Å². The molecule has 1 aliphatic rings. The van der Waals surface area contributed by atoms with Gasteiger partial charge in [0.05, 0.1) is 11.3 Å². The summed E-state index contributed by atoms with van der Waals surface area (Å²) in [4.78, 5) is 11.2. The van der Waals surface area contributed by atoms with Gasteiger partial charge in [0.2, 0.25) is 11.1 Å². The lowest BCUT2D eigenvalue weighted by Crippen LogP contribution is -2.36. The maximum Gasteiger partial charge on any atom is 0.247 e. The first-order chi connectivity index (χ1) is 7.22. The number of nitrogens with zero attached hydrogens (tertiary/aromatic N) is 4. The highest BCUT2D eigenvalue weighted by molar-refractivity contribution is 8.00. The predicted molar refractivity (Wildman–Crippen MR) is 53.7 cm³/mol. The lowest BCUT2D eigenvalue weighted by atomic mass is 10.5. The first-order valence-corrected chi connectivity index (χ1v) is 5.55. The van der Waals surface area contributed by atoms with Gasteiger partial charge in [-0.15, -0.1) is 5.10 Å². The van der Waals surface area contributed by atoms with Gasteiger partial charge in [-0.25, -0.2) is 10.5 Å². The van der Waals surface area contributed by atoms with E-state index in [1.807, 2.05) is 0 Å². The third kappa shape index (κ3) is 2.26. The Hall–Kier alpha value is -1.15. The summed E-state index contributed by atoms with van der Waals surface area (Å²) in [5.41, 5.74) is 2.10. The molecule has 1 aromatic heterocycles. The van der Waals surface area contributed by atoms with Gasteiger partial charge in [-0.3, -0.25) is 10.2 Å². The minimum Gasteiger partial charge on any atom is -0.293 e. The zero-order valence-electron chi connectivity index (χ0n) is 8.25. The van der Waals surface area contributed by atoms with E-state index in [9.17, 15) is 4.79 Å². The first kappa shape index (κ1) is 10.4. The highest BCUT2D eigenvalue weighted by atomic mass is 32.2. The summed E-state index contributed by atoms with van der Waals surface area (Å²) in [6, 6.07) is 0.413. The SMILES string of the molecule is CC(Sc1nnnn1C1CC1)C(=O)NN. The van der Waals surface area contributed by atoms with Gasteiger partial charge in [0, 0.05) is 0 Å². The van der Waals surface area contributed by atoms with Gasteiger partial charge in [0.1, 0.15) is 0 Å². The summed E-state index contributed by atoms with van der Waals surface area (Å²) >= 11 is 1.31. The van der Waals surface area contributed by atoms with Crippen molar-refractivity contribution in [3.05, 3.63) is 0 Å². The van der Waals surface area contributed by atoms with Crippen LogP contribution in [0.1, 0.15) is 25.8 Å². The fourth-order valence-electron chi connectivity index (χ4n) is 1.14. The van der Waals surface area contributed by atoms with Crippen LogP contribution in [-0.2, 0) is 4.79 Å². The molecule has 0 spiro atoms. The standard InChI is InChI=1S/C7H12N6OS/c1-4(6(14)9-8)15-7-10-11-12-13(7)5-2-3-5/h4-5H,2-3,8H2,1H3,(H,9,14). The average molecular weight is 228 g/mol. The van der Waals surface area contributed by atoms with Crippen molar-refractivity contribution in [2.45, 2.75) is 36.2 Å². The van der Waals surface area contributed by atoms with Gasteiger partial charge in [0.25, 0.3) is 0 Å². The van der Waals surface area contributed by atoms with Crippen molar-refractivity contribution in [2.75, 3.05) is 0 Å². The van der Waals surface area contributed by atoms with Crippen molar-refractivity contribution in [3.8, 4) is 0 Å². The molecule has 0 bridgehead atoms.